The van der Waals surface area contributed by atoms with Gasteiger partial charge in [0.1, 0.15) is 0 Å². The van der Waals surface area contributed by atoms with Crippen molar-refractivity contribution >= 4 is 0 Å². The lowest BCUT2D eigenvalue weighted by Gasteiger charge is -2.29. The maximum absolute atomic E-state index is 3.81. The topological polar surface area (TPSA) is 0 Å². The van der Waals surface area contributed by atoms with Gasteiger partial charge in [-0.05, 0) is 55.1 Å². The normalized spacial score (nSPS) is 22.6. The first-order valence-electron chi connectivity index (χ1n) is 8.53. The zero-order chi connectivity index (χ0) is 14.2. The van der Waals surface area contributed by atoms with E-state index in [1.54, 1.807) is 5.56 Å². The fraction of sp³-hybridized carbons (Fsp3) is 0.600. The Morgan fingerprint density at radius 3 is 2.35 bits per heavy atom. The van der Waals surface area contributed by atoms with Crippen LogP contribution in [0, 0.1) is 5.92 Å². The summed E-state index contributed by atoms with van der Waals surface area (Å²) in [4.78, 5) is 0. The number of allylic oxidation sites excluding steroid dienone is 1. The standard InChI is InChI=1S/C20H30/c1-3-5-6-8-18-11-15-20(16-12-18)19-13-9-17(7-4-2)10-14-19/h4,9-10,13-14,18,20H,2-3,5-8,11-12,15-16H2,1H3. The third-order valence-corrected chi connectivity index (χ3v) is 4.89. The smallest absolute Gasteiger partial charge is 0.0100 e. The molecule has 0 heteroatoms. The molecule has 110 valence electrons. The molecule has 1 aliphatic carbocycles. The Morgan fingerprint density at radius 2 is 1.75 bits per heavy atom. The van der Waals surface area contributed by atoms with E-state index >= 15 is 0 Å². The van der Waals surface area contributed by atoms with E-state index in [0.29, 0.717) is 0 Å². The van der Waals surface area contributed by atoms with Gasteiger partial charge in [0, 0.05) is 0 Å². The third kappa shape index (κ3) is 4.51. The minimum Gasteiger partial charge on any atom is -0.103 e. The molecule has 20 heavy (non-hydrogen) atoms. The van der Waals surface area contributed by atoms with E-state index in [9.17, 15) is 0 Å². The summed E-state index contributed by atoms with van der Waals surface area (Å²) >= 11 is 0. The molecule has 0 nitrogen and oxygen atoms in total. The molecule has 0 amide bonds. The van der Waals surface area contributed by atoms with Gasteiger partial charge in [-0.3, -0.25) is 0 Å². The van der Waals surface area contributed by atoms with E-state index in [2.05, 4.69) is 37.8 Å². The van der Waals surface area contributed by atoms with Crippen LogP contribution in [0.25, 0.3) is 0 Å². The van der Waals surface area contributed by atoms with Crippen LogP contribution in [0.2, 0.25) is 0 Å². The Balaban J connectivity index is 1.79. The van der Waals surface area contributed by atoms with Crippen LogP contribution in [-0.2, 0) is 6.42 Å². The van der Waals surface area contributed by atoms with E-state index in [1.165, 1.54) is 56.9 Å². The predicted octanol–water partition coefficient (Wildman–Crippen LogP) is 6.27. The summed E-state index contributed by atoms with van der Waals surface area (Å²) in [5.41, 5.74) is 2.95. The summed E-state index contributed by atoms with van der Waals surface area (Å²) < 4.78 is 0. The minimum absolute atomic E-state index is 0.815. The summed E-state index contributed by atoms with van der Waals surface area (Å²) in [6.07, 6.45) is 14.4. The van der Waals surface area contributed by atoms with E-state index in [1.807, 2.05) is 6.08 Å². The van der Waals surface area contributed by atoms with Crippen molar-refractivity contribution in [1.29, 1.82) is 0 Å². The lowest BCUT2D eigenvalue weighted by Crippen LogP contribution is -2.13. The van der Waals surface area contributed by atoms with E-state index in [-0.39, 0.29) is 0 Å². The van der Waals surface area contributed by atoms with Gasteiger partial charge < -0.3 is 0 Å². The van der Waals surface area contributed by atoms with E-state index in [4.69, 9.17) is 0 Å². The Bertz CT molecular complexity index is 379. The molecule has 0 aromatic heterocycles. The minimum atomic E-state index is 0.815. The van der Waals surface area contributed by atoms with Crippen molar-refractivity contribution in [2.75, 3.05) is 0 Å². The lowest BCUT2D eigenvalue weighted by atomic mass is 9.77. The molecular weight excluding hydrogens is 240 g/mol. The van der Waals surface area contributed by atoms with Gasteiger partial charge in [-0.15, -0.1) is 6.58 Å². The molecule has 1 aliphatic rings. The van der Waals surface area contributed by atoms with Crippen LogP contribution < -0.4 is 0 Å². The highest BCUT2D eigenvalue weighted by Crippen LogP contribution is 2.37. The second-order valence-corrected chi connectivity index (χ2v) is 6.45. The van der Waals surface area contributed by atoms with Crippen LogP contribution in [-0.4, -0.2) is 0 Å². The first kappa shape index (κ1) is 15.4. The zero-order valence-electron chi connectivity index (χ0n) is 13.1. The van der Waals surface area contributed by atoms with Gasteiger partial charge in [0.2, 0.25) is 0 Å². The SMILES string of the molecule is C=CCc1ccc(C2CCC(CCCCC)CC2)cc1. The van der Waals surface area contributed by atoms with Crippen molar-refractivity contribution in [1.82, 2.24) is 0 Å². The van der Waals surface area contributed by atoms with Gasteiger partial charge >= 0.3 is 0 Å². The summed E-state index contributed by atoms with van der Waals surface area (Å²) in [5.74, 6) is 1.83. The first-order valence-corrected chi connectivity index (χ1v) is 8.53. The molecule has 0 heterocycles. The van der Waals surface area contributed by atoms with Gasteiger partial charge in [0.25, 0.3) is 0 Å². The summed E-state index contributed by atoms with van der Waals surface area (Å²) in [7, 11) is 0. The molecule has 0 N–H and O–H groups in total. The van der Waals surface area contributed by atoms with Crippen molar-refractivity contribution in [2.24, 2.45) is 5.92 Å². The molecule has 1 saturated carbocycles. The van der Waals surface area contributed by atoms with Gasteiger partial charge in [-0.25, -0.2) is 0 Å². The molecule has 0 radical (unpaired) electrons. The van der Waals surface area contributed by atoms with Crippen LogP contribution in [0.1, 0.15) is 75.3 Å². The molecule has 0 saturated heterocycles. The first-order chi connectivity index (χ1) is 9.83. The average Bonchev–Trinajstić information content (AvgIpc) is 2.49. The lowest BCUT2D eigenvalue weighted by molar-refractivity contribution is 0.303. The highest BCUT2D eigenvalue weighted by atomic mass is 14.3. The van der Waals surface area contributed by atoms with Crippen molar-refractivity contribution < 1.29 is 0 Å². The molecule has 2 rings (SSSR count). The summed E-state index contributed by atoms with van der Waals surface area (Å²) in [6.45, 7) is 6.11. The molecule has 0 spiro atoms. The van der Waals surface area contributed by atoms with Crippen molar-refractivity contribution in [3.8, 4) is 0 Å². The maximum atomic E-state index is 3.81. The van der Waals surface area contributed by atoms with Gasteiger partial charge in [-0.1, -0.05) is 62.9 Å². The van der Waals surface area contributed by atoms with Crippen molar-refractivity contribution in [3.05, 3.63) is 48.0 Å². The van der Waals surface area contributed by atoms with Gasteiger partial charge in [-0.2, -0.15) is 0 Å². The fourth-order valence-corrected chi connectivity index (χ4v) is 3.56. The largest absolute Gasteiger partial charge is 0.103 e. The van der Waals surface area contributed by atoms with E-state index < -0.39 is 0 Å². The third-order valence-electron chi connectivity index (χ3n) is 4.89. The zero-order valence-corrected chi connectivity index (χ0v) is 13.1. The molecule has 0 unspecified atom stereocenters. The molecular formula is C20H30. The predicted molar refractivity (Wildman–Crippen MR) is 89.2 cm³/mol. The Morgan fingerprint density at radius 1 is 1.05 bits per heavy atom. The van der Waals surface area contributed by atoms with Crippen LogP contribution in [0.3, 0.4) is 0 Å². The number of rotatable bonds is 7. The maximum Gasteiger partial charge on any atom is -0.0100 e. The second kappa shape index (κ2) is 8.29. The average molecular weight is 270 g/mol. The molecule has 1 aromatic rings. The van der Waals surface area contributed by atoms with Gasteiger partial charge in [0.15, 0.2) is 0 Å². The number of hydrogen-bond acceptors (Lipinski definition) is 0. The van der Waals surface area contributed by atoms with Crippen molar-refractivity contribution in [2.45, 2.75) is 70.6 Å². The van der Waals surface area contributed by atoms with Crippen molar-refractivity contribution in [3.63, 3.8) is 0 Å². The highest BCUT2D eigenvalue weighted by molar-refractivity contribution is 5.26. The second-order valence-electron chi connectivity index (χ2n) is 6.45. The Labute approximate surface area is 125 Å². The molecule has 0 atom stereocenters. The van der Waals surface area contributed by atoms with Crippen LogP contribution in [0.5, 0.6) is 0 Å². The highest BCUT2D eigenvalue weighted by Gasteiger charge is 2.21. The fourth-order valence-electron chi connectivity index (χ4n) is 3.56. The number of benzene rings is 1. The summed E-state index contributed by atoms with van der Waals surface area (Å²) in [6, 6.07) is 9.26. The van der Waals surface area contributed by atoms with Gasteiger partial charge in [0.05, 0.1) is 0 Å². The van der Waals surface area contributed by atoms with Crippen LogP contribution >= 0.6 is 0 Å². The molecule has 0 aliphatic heterocycles. The summed E-state index contributed by atoms with van der Waals surface area (Å²) in [5, 5.41) is 0. The number of hydrogen-bond donors (Lipinski definition) is 0. The molecule has 1 fully saturated rings. The Kier molecular flexibility index (Phi) is 6.36. The number of unbranched alkanes of at least 4 members (excludes halogenated alkanes) is 2. The molecule has 1 aromatic carbocycles. The Hall–Kier alpha value is -1.04. The van der Waals surface area contributed by atoms with Crippen LogP contribution in [0.4, 0.5) is 0 Å². The monoisotopic (exact) mass is 270 g/mol. The van der Waals surface area contributed by atoms with E-state index in [0.717, 1.165) is 18.3 Å². The van der Waals surface area contributed by atoms with Crippen LogP contribution in [0.15, 0.2) is 36.9 Å². The molecule has 0 bridgehead atoms. The quantitative estimate of drug-likeness (QED) is 0.404.